The van der Waals surface area contributed by atoms with Crippen molar-refractivity contribution in [3.05, 3.63) is 35.4 Å². The zero-order chi connectivity index (χ0) is 8.97. The molecule has 0 aliphatic rings. The van der Waals surface area contributed by atoms with E-state index in [0.717, 1.165) is 12.0 Å². The first kappa shape index (κ1) is 8.74. The Labute approximate surface area is 71.4 Å². The Morgan fingerprint density at radius 2 is 1.92 bits per heavy atom. The first-order valence-electron chi connectivity index (χ1n) is 3.77. The van der Waals surface area contributed by atoms with Crippen LogP contribution in [-0.2, 0) is 6.42 Å². The normalized spacial score (nSPS) is 9.75. The molecule has 0 aliphatic heterocycles. The molecule has 63 valence electrons. The van der Waals surface area contributed by atoms with Gasteiger partial charge in [-0.3, -0.25) is 10.5 Å². The van der Waals surface area contributed by atoms with Gasteiger partial charge in [-0.1, -0.05) is 12.1 Å². The van der Waals surface area contributed by atoms with Gasteiger partial charge in [0.15, 0.2) is 0 Å². The first-order valence-corrected chi connectivity index (χ1v) is 3.77. The van der Waals surface area contributed by atoms with Gasteiger partial charge in [0.2, 0.25) is 5.91 Å². The van der Waals surface area contributed by atoms with Gasteiger partial charge in [-0.15, -0.1) is 0 Å². The Hall–Kier alpha value is -1.35. The van der Waals surface area contributed by atoms with Gasteiger partial charge < -0.3 is 5.73 Å². The van der Waals surface area contributed by atoms with Crippen molar-refractivity contribution >= 4 is 5.91 Å². The molecule has 0 spiro atoms. The summed E-state index contributed by atoms with van der Waals surface area (Å²) in [5.41, 5.74) is 13.6. The van der Waals surface area contributed by atoms with E-state index in [1.54, 1.807) is 12.1 Å². The van der Waals surface area contributed by atoms with E-state index in [2.05, 4.69) is 0 Å². The highest BCUT2D eigenvalue weighted by Gasteiger charge is 1.98. The number of nitrogens with two attached hydrogens (primary N) is 1. The second-order valence-corrected chi connectivity index (χ2v) is 2.56. The Morgan fingerprint density at radius 3 is 2.33 bits per heavy atom. The van der Waals surface area contributed by atoms with Crippen LogP contribution in [0.2, 0.25) is 0 Å². The summed E-state index contributed by atoms with van der Waals surface area (Å²) in [5.74, 6) is -0.410. The summed E-state index contributed by atoms with van der Waals surface area (Å²) >= 11 is 0. The van der Waals surface area contributed by atoms with E-state index < -0.39 is 5.91 Å². The third-order valence-electron chi connectivity index (χ3n) is 1.65. The lowest BCUT2D eigenvalue weighted by molar-refractivity contribution is 0.100. The van der Waals surface area contributed by atoms with Crippen LogP contribution in [0.25, 0.3) is 0 Å². The average molecular weight is 163 g/mol. The molecule has 0 saturated heterocycles. The lowest BCUT2D eigenvalue weighted by atomic mass is 10.1. The van der Waals surface area contributed by atoms with E-state index in [0.29, 0.717) is 12.1 Å². The van der Waals surface area contributed by atoms with Crippen molar-refractivity contribution in [3.8, 4) is 0 Å². The van der Waals surface area contributed by atoms with Crippen molar-refractivity contribution in [3.63, 3.8) is 0 Å². The zero-order valence-corrected chi connectivity index (χ0v) is 6.71. The number of nitrogens with one attached hydrogen (secondary N) is 1. The van der Waals surface area contributed by atoms with Crippen LogP contribution in [0.4, 0.5) is 0 Å². The van der Waals surface area contributed by atoms with Crippen LogP contribution in [0.3, 0.4) is 0 Å². The number of carbonyl (C=O) groups excluding carboxylic acids is 1. The van der Waals surface area contributed by atoms with Crippen molar-refractivity contribution in [1.29, 1.82) is 0 Å². The van der Waals surface area contributed by atoms with E-state index >= 15 is 0 Å². The van der Waals surface area contributed by atoms with E-state index in [9.17, 15) is 4.79 Å². The fourth-order valence-electron chi connectivity index (χ4n) is 0.980. The average Bonchev–Trinajstić information content (AvgIpc) is 2.06. The van der Waals surface area contributed by atoms with Gasteiger partial charge in [-0.25, -0.2) is 0 Å². The molecule has 3 N–H and O–H groups in total. The van der Waals surface area contributed by atoms with Crippen molar-refractivity contribution in [1.82, 2.24) is 5.73 Å². The standard InChI is InChI=1S/C9H11N2O/c10-6-5-7-1-3-8(4-2-7)9(11)12/h1-4,10H,5-6H2,(H2,11,12). The quantitative estimate of drug-likeness (QED) is 0.697. The SMILES string of the molecule is [NH]CCc1ccc(C(N)=O)cc1. The maximum absolute atomic E-state index is 10.7. The van der Waals surface area contributed by atoms with E-state index in [1.165, 1.54) is 0 Å². The van der Waals surface area contributed by atoms with Gasteiger partial charge in [0.25, 0.3) is 0 Å². The summed E-state index contributed by atoms with van der Waals surface area (Å²) in [6, 6.07) is 7.03. The number of benzene rings is 1. The highest BCUT2D eigenvalue weighted by atomic mass is 16.1. The van der Waals surface area contributed by atoms with Gasteiger partial charge in [-0.05, 0) is 24.1 Å². The zero-order valence-electron chi connectivity index (χ0n) is 6.71. The van der Waals surface area contributed by atoms with E-state index in [1.807, 2.05) is 12.1 Å². The summed E-state index contributed by atoms with van der Waals surface area (Å²) < 4.78 is 0. The highest BCUT2D eigenvalue weighted by molar-refractivity contribution is 5.92. The molecule has 0 heterocycles. The Morgan fingerprint density at radius 1 is 1.33 bits per heavy atom. The first-order chi connectivity index (χ1) is 5.74. The number of amides is 1. The molecule has 1 rings (SSSR count). The van der Waals surface area contributed by atoms with Crippen molar-refractivity contribution in [2.75, 3.05) is 6.54 Å². The molecule has 1 amide bonds. The van der Waals surface area contributed by atoms with Crippen LogP contribution in [0, 0.1) is 0 Å². The third kappa shape index (κ3) is 2.07. The smallest absolute Gasteiger partial charge is 0.248 e. The number of hydrogen-bond acceptors (Lipinski definition) is 1. The summed E-state index contributed by atoms with van der Waals surface area (Å²) in [4.78, 5) is 10.7. The number of carbonyl (C=O) groups is 1. The van der Waals surface area contributed by atoms with E-state index in [-0.39, 0.29) is 0 Å². The minimum Gasteiger partial charge on any atom is -0.366 e. The van der Waals surface area contributed by atoms with Gasteiger partial charge in [0, 0.05) is 12.1 Å². The number of primary amides is 1. The minimum absolute atomic E-state index is 0.371. The molecule has 0 aromatic heterocycles. The number of hydrogen-bond donors (Lipinski definition) is 1. The molecule has 0 fully saturated rings. The molecule has 0 unspecified atom stereocenters. The molecule has 0 bridgehead atoms. The van der Waals surface area contributed by atoms with Crippen LogP contribution in [0.15, 0.2) is 24.3 Å². The Balaban J connectivity index is 2.78. The summed E-state index contributed by atoms with van der Waals surface area (Å²) in [6.07, 6.45) is 0.721. The van der Waals surface area contributed by atoms with Gasteiger partial charge in [-0.2, -0.15) is 0 Å². The molecule has 1 radical (unpaired) electrons. The van der Waals surface area contributed by atoms with Gasteiger partial charge in [0.05, 0.1) is 0 Å². The number of rotatable bonds is 3. The van der Waals surface area contributed by atoms with Crippen molar-refractivity contribution in [2.24, 2.45) is 5.73 Å². The van der Waals surface area contributed by atoms with Crippen LogP contribution >= 0.6 is 0 Å². The lowest BCUT2D eigenvalue weighted by Crippen LogP contribution is -2.10. The molecule has 0 aliphatic carbocycles. The molecule has 3 nitrogen and oxygen atoms in total. The van der Waals surface area contributed by atoms with Crippen LogP contribution in [0.5, 0.6) is 0 Å². The van der Waals surface area contributed by atoms with Crippen molar-refractivity contribution in [2.45, 2.75) is 6.42 Å². The Kier molecular flexibility index (Phi) is 2.82. The second kappa shape index (κ2) is 3.88. The van der Waals surface area contributed by atoms with Crippen LogP contribution in [0.1, 0.15) is 15.9 Å². The minimum atomic E-state index is -0.410. The monoisotopic (exact) mass is 163 g/mol. The molecular weight excluding hydrogens is 152 g/mol. The molecule has 0 atom stereocenters. The van der Waals surface area contributed by atoms with Crippen molar-refractivity contribution < 1.29 is 4.79 Å². The maximum atomic E-state index is 10.7. The highest BCUT2D eigenvalue weighted by Crippen LogP contribution is 2.03. The molecule has 3 heteroatoms. The fraction of sp³-hybridized carbons (Fsp3) is 0.222. The van der Waals surface area contributed by atoms with Crippen LogP contribution in [-0.4, -0.2) is 12.5 Å². The predicted molar refractivity (Wildman–Crippen MR) is 46.6 cm³/mol. The summed E-state index contributed by atoms with van der Waals surface area (Å²) in [7, 11) is 0. The third-order valence-corrected chi connectivity index (χ3v) is 1.65. The molecule has 1 aromatic carbocycles. The van der Waals surface area contributed by atoms with Crippen LogP contribution < -0.4 is 11.5 Å². The molecule has 1 aromatic rings. The lowest BCUT2D eigenvalue weighted by Gasteiger charge is -1.98. The molecule has 0 saturated carbocycles. The second-order valence-electron chi connectivity index (χ2n) is 2.56. The molecule has 12 heavy (non-hydrogen) atoms. The summed E-state index contributed by atoms with van der Waals surface area (Å²) in [6.45, 7) is 0.371. The van der Waals surface area contributed by atoms with Gasteiger partial charge >= 0.3 is 0 Å². The van der Waals surface area contributed by atoms with E-state index in [4.69, 9.17) is 11.5 Å². The molecular formula is C9H11N2O. The largest absolute Gasteiger partial charge is 0.366 e. The van der Waals surface area contributed by atoms with Gasteiger partial charge in [0.1, 0.15) is 0 Å². The summed E-state index contributed by atoms with van der Waals surface area (Å²) in [5, 5.41) is 0. The topological polar surface area (TPSA) is 66.9 Å². The predicted octanol–water partition coefficient (Wildman–Crippen LogP) is 0.611. The Bertz CT molecular complexity index is 266. The fourth-order valence-corrected chi connectivity index (χ4v) is 0.980. The maximum Gasteiger partial charge on any atom is 0.248 e.